The second kappa shape index (κ2) is 9.18. The van der Waals surface area contributed by atoms with Crippen molar-refractivity contribution in [2.45, 2.75) is 96.9 Å². The van der Waals surface area contributed by atoms with Crippen LogP contribution in [0.15, 0.2) is 0 Å². The van der Waals surface area contributed by atoms with Crippen LogP contribution < -0.4 is 5.32 Å². The zero-order valence-corrected chi connectivity index (χ0v) is 20.1. The van der Waals surface area contributed by atoms with Crippen LogP contribution in [0.1, 0.15) is 74.1 Å². The largest absolute Gasteiger partial charge is 0.388 e. The van der Waals surface area contributed by atoms with E-state index in [1.807, 2.05) is 0 Å². The Balaban J connectivity index is 2.21. The molecule has 1 saturated heterocycles. The Morgan fingerprint density at radius 3 is 2.10 bits per heavy atom. The van der Waals surface area contributed by atoms with Crippen LogP contribution in [0.4, 0.5) is 5.95 Å². The molecule has 0 saturated carbocycles. The van der Waals surface area contributed by atoms with Crippen LogP contribution in [0.3, 0.4) is 0 Å². The van der Waals surface area contributed by atoms with Crippen LogP contribution in [0.25, 0.3) is 0 Å². The molecule has 0 aromatic carbocycles. The van der Waals surface area contributed by atoms with E-state index in [9.17, 15) is 5.11 Å². The summed E-state index contributed by atoms with van der Waals surface area (Å²) in [4.78, 5) is 18.3. The third-order valence-corrected chi connectivity index (χ3v) is 5.57. The molecule has 1 unspecified atom stereocenters. The number of nitrogens with zero attached hydrogens (tertiary/aromatic N) is 4. The summed E-state index contributed by atoms with van der Waals surface area (Å²) >= 11 is 11.9. The van der Waals surface area contributed by atoms with Crippen LogP contribution >= 0.6 is 23.2 Å². The molecule has 0 spiro atoms. The van der Waals surface area contributed by atoms with Crippen LogP contribution in [-0.4, -0.2) is 54.4 Å². The fraction of sp³-hybridized carbons (Fsp3) is 0.850. The van der Waals surface area contributed by atoms with Gasteiger partial charge in [-0.05, 0) is 89.9 Å². The average Bonchev–Trinajstić information content (AvgIpc) is 2.50. The number of piperidine rings is 1. The summed E-state index contributed by atoms with van der Waals surface area (Å²) in [5, 5.41) is 15.8. The van der Waals surface area contributed by atoms with Gasteiger partial charge in [0.1, 0.15) is 0 Å². The Bertz CT molecular complexity index is 656. The number of hydrogen-bond acceptors (Lipinski definition) is 7. The van der Waals surface area contributed by atoms with Gasteiger partial charge >= 0.3 is 0 Å². The molecule has 0 radical (unpaired) electrons. The third kappa shape index (κ3) is 6.89. The van der Waals surface area contributed by atoms with Crippen molar-refractivity contribution < 1.29 is 9.94 Å². The number of aliphatic hydroxyl groups is 1. The molecule has 1 atom stereocenters. The van der Waals surface area contributed by atoms with Gasteiger partial charge in [0, 0.05) is 17.1 Å². The molecule has 2 rings (SSSR count). The minimum Gasteiger partial charge on any atom is -0.388 e. The van der Waals surface area contributed by atoms with E-state index >= 15 is 0 Å². The Hall–Kier alpha value is -0.730. The van der Waals surface area contributed by atoms with Crippen molar-refractivity contribution in [1.82, 2.24) is 20.0 Å². The lowest BCUT2D eigenvalue weighted by atomic mass is 9.71. The highest BCUT2D eigenvalue weighted by atomic mass is 35.5. The predicted molar refractivity (Wildman–Crippen MR) is 117 cm³/mol. The number of rotatable bonds is 8. The zero-order valence-electron chi connectivity index (χ0n) is 18.6. The van der Waals surface area contributed by atoms with Crippen LogP contribution in [-0.2, 0) is 4.84 Å². The normalized spacial score (nSPS) is 21.2. The summed E-state index contributed by atoms with van der Waals surface area (Å²) in [6.07, 6.45) is 3.85. The van der Waals surface area contributed by atoms with Gasteiger partial charge in [0.2, 0.25) is 16.5 Å². The highest BCUT2D eigenvalue weighted by Gasteiger charge is 2.48. The topological polar surface area (TPSA) is 83.4 Å². The number of hydroxylamine groups is 2. The van der Waals surface area contributed by atoms with Crippen molar-refractivity contribution in [1.29, 1.82) is 0 Å². The van der Waals surface area contributed by atoms with Crippen molar-refractivity contribution in [3.8, 4) is 0 Å². The molecule has 29 heavy (non-hydrogen) atoms. The molecule has 0 bridgehead atoms. The lowest BCUT2D eigenvalue weighted by Crippen LogP contribution is -2.62. The fourth-order valence-electron chi connectivity index (χ4n) is 4.49. The summed E-state index contributed by atoms with van der Waals surface area (Å²) in [7, 11) is 0. The molecule has 7 nitrogen and oxygen atoms in total. The van der Waals surface area contributed by atoms with Crippen molar-refractivity contribution in [3.05, 3.63) is 10.6 Å². The number of aromatic nitrogens is 3. The Morgan fingerprint density at radius 1 is 1.14 bits per heavy atom. The second-order valence-corrected chi connectivity index (χ2v) is 10.6. The molecule has 9 heteroatoms. The second-order valence-electron chi connectivity index (χ2n) is 9.91. The Labute approximate surface area is 184 Å². The van der Waals surface area contributed by atoms with Crippen LogP contribution in [0.2, 0.25) is 10.6 Å². The maximum Gasteiger partial charge on any atom is 0.228 e. The molecule has 0 amide bonds. The summed E-state index contributed by atoms with van der Waals surface area (Å²) in [6, 6.07) is 0.171. The fourth-order valence-corrected chi connectivity index (χ4v) is 4.85. The molecule has 166 valence electrons. The quantitative estimate of drug-likeness (QED) is 0.595. The summed E-state index contributed by atoms with van der Waals surface area (Å²) < 4.78 is 0. The number of hydrogen-bond donors (Lipinski definition) is 2. The highest BCUT2D eigenvalue weighted by molar-refractivity contribution is 6.31. The molecule has 2 N–H and O–H groups in total. The molecule has 1 aromatic rings. The SMILES string of the molecule is CCCC(Nc1nc(Cl)nc(Cl)n1)C1CC(C)(C)N(OCC(C)(C)O)C(C)(C)C1. The zero-order chi connectivity index (χ0) is 22.0. The minimum atomic E-state index is -0.882. The smallest absolute Gasteiger partial charge is 0.228 e. The molecular weight excluding hydrogens is 413 g/mol. The lowest BCUT2D eigenvalue weighted by molar-refractivity contribution is -0.303. The summed E-state index contributed by atoms with van der Waals surface area (Å²) in [5.74, 6) is 0.779. The highest BCUT2D eigenvalue weighted by Crippen LogP contribution is 2.44. The van der Waals surface area contributed by atoms with Crippen LogP contribution in [0, 0.1) is 5.92 Å². The first-order valence-electron chi connectivity index (χ1n) is 10.2. The number of anilines is 1. The first-order valence-corrected chi connectivity index (χ1v) is 11.0. The summed E-state index contributed by atoms with van der Waals surface area (Å²) in [6.45, 7) is 14.7. The first kappa shape index (κ1) is 24.5. The number of nitrogens with one attached hydrogen (secondary N) is 1. The van der Waals surface area contributed by atoms with E-state index in [1.165, 1.54) is 0 Å². The van der Waals surface area contributed by atoms with E-state index in [0.717, 1.165) is 25.7 Å². The van der Waals surface area contributed by atoms with E-state index in [1.54, 1.807) is 13.8 Å². The lowest BCUT2D eigenvalue weighted by Gasteiger charge is -2.55. The standard InChI is InChI=1S/C20H35Cl2N5O2/c1-8-9-14(23-17-25-15(21)24-16(22)26-17)13-10-18(2,3)27(19(4,5)11-13)29-12-20(6,7)28/h13-14,28H,8-12H2,1-7H3,(H,23,24,25,26). The Morgan fingerprint density at radius 2 is 1.66 bits per heavy atom. The van der Waals surface area contributed by atoms with E-state index in [-0.39, 0.29) is 34.3 Å². The number of halogens is 2. The van der Waals surface area contributed by atoms with Crippen molar-refractivity contribution in [2.75, 3.05) is 11.9 Å². The molecule has 1 fully saturated rings. The average molecular weight is 448 g/mol. The van der Waals surface area contributed by atoms with Gasteiger partial charge in [0.05, 0.1) is 12.2 Å². The van der Waals surface area contributed by atoms with Crippen molar-refractivity contribution in [2.24, 2.45) is 5.92 Å². The molecule has 1 aliphatic heterocycles. The van der Waals surface area contributed by atoms with Gasteiger partial charge in [-0.25, -0.2) is 0 Å². The summed E-state index contributed by atoms with van der Waals surface area (Å²) in [5.41, 5.74) is -1.30. The molecule has 0 aliphatic carbocycles. The van der Waals surface area contributed by atoms with Gasteiger partial charge in [0.25, 0.3) is 0 Å². The molecule has 1 aliphatic rings. The van der Waals surface area contributed by atoms with Gasteiger partial charge in [-0.15, -0.1) is 0 Å². The molecule has 1 aromatic heterocycles. The molecule has 2 heterocycles. The molecular formula is C20H35Cl2N5O2. The maximum absolute atomic E-state index is 10.1. The van der Waals surface area contributed by atoms with E-state index in [0.29, 0.717) is 11.9 Å². The van der Waals surface area contributed by atoms with Crippen molar-refractivity contribution in [3.63, 3.8) is 0 Å². The van der Waals surface area contributed by atoms with Gasteiger partial charge in [0.15, 0.2) is 0 Å². The van der Waals surface area contributed by atoms with Gasteiger partial charge in [-0.1, -0.05) is 13.3 Å². The van der Waals surface area contributed by atoms with E-state index in [4.69, 9.17) is 28.0 Å². The predicted octanol–water partition coefficient (Wildman–Crippen LogP) is 4.73. The Kier molecular flexibility index (Phi) is 7.77. The maximum atomic E-state index is 10.1. The van der Waals surface area contributed by atoms with Gasteiger partial charge in [-0.2, -0.15) is 20.0 Å². The van der Waals surface area contributed by atoms with Gasteiger partial charge < -0.3 is 10.4 Å². The minimum absolute atomic E-state index is 0.0817. The first-order chi connectivity index (χ1) is 13.2. The van der Waals surface area contributed by atoms with E-state index in [2.05, 4.69) is 60.0 Å². The van der Waals surface area contributed by atoms with Crippen molar-refractivity contribution >= 4 is 29.2 Å². The third-order valence-electron chi connectivity index (χ3n) is 5.23. The van der Waals surface area contributed by atoms with Crippen LogP contribution in [0.5, 0.6) is 0 Å². The van der Waals surface area contributed by atoms with E-state index < -0.39 is 5.60 Å². The monoisotopic (exact) mass is 447 g/mol. The van der Waals surface area contributed by atoms with Gasteiger partial charge in [-0.3, -0.25) is 4.84 Å².